The molecule has 0 aromatic heterocycles. The largest absolute Gasteiger partial charge is 0.504 e. The van der Waals surface area contributed by atoms with Crippen molar-refractivity contribution in [3.8, 4) is 11.5 Å². The summed E-state index contributed by atoms with van der Waals surface area (Å²) in [7, 11) is 0. The monoisotopic (exact) mass is 193 g/mol. The van der Waals surface area contributed by atoms with Crippen molar-refractivity contribution < 1.29 is 10.2 Å². The van der Waals surface area contributed by atoms with Gasteiger partial charge in [0.1, 0.15) is 0 Å². The van der Waals surface area contributed by atoms with Crippen LogP contribution in [0.25, 0.3) is 0 Å². The Morgan fingerprint density at radius 3 is 2.79 bits per heavy atom. The van der Waals surface area contributed by atoms with Crippen LogP contribution in [0, 0.1) is 5.92 Å². The molecule has 0 aliphatic heterocycles. The molecule has 0 heterocycles. The molecule has 1 aromatic carbocycles. The fraction of sp³-hybridized carbons (Fsp3) is 0.455. The van der Waals surface area contributed by atoms with Crippen molar-refractivity contribution >= 4 is 0 Å². The second kappa shape index (κ2) is 3.50. The van der Waals surface area contributed by atoms with E-state index < -0.39 is 0 Å². The standard InChI is InChI=1S/C11H15NO2/c1-7-5-9(7)12-6-8-3-2-4-10(13)11(8)14/h2-4,7,9,12-14H,5-6H2,1H3. The van der Waals surface area contributed by atoms with E-state index in [9.17, 15) is 10.2 Å². The van der Waals surface area contributed by atoms with Crippen molar-refractivity contribution in [2.24, 2.45) is 5.92 Å². The van der Waals surface area contributed by atoms with Crippen LogP contribution in [0.15, 0.2) is 18.2 Å². The van der Waals surface area contributed by atoms with Crippen LogP contribution in [-0.4, -0.2) is 16.3 Å². The minimum absolute atomic E-state index is 0.00620. The number of hydrogen-bond donors (Lipinski definition) is 3. The van der Waals surface area contributed by atoms with E-state index in [-0.39, 0.29) is 11.5 Å². The summed E-state index contributed by atoms with van der Waals surface area (Å²) in [6.07, 6.45) is 1.21. The van der Waals surface area contributed by atoms with Gasteiger partial charge in [0.25, 0.3) is 0 Å². The fourth-order valence-corrected chi connectivity index (χ4v) is 1.57. The molecule has 0 saturated heterocycles. The normalized spacial score (nSPS) is 24.9. The van der Waals surface area contributed by atoms with E-state index in [0.717, 1.165) is 11.5 Å². The van der Waals surface area contributed by atoms with Crippen molar-refractivity contribution in [3.63, 3.8) is 0 Å². The molecule has 1 aliphatic carbocycles. The van der Waals surface area contributed by atoms with Crippen molar-refractivity contribution in [1.29, 1.82) is 0 Å². The lowest BCUT2D eigenvalue weighted by Gasteiger charge is -2.06. The number of nitrogens with one attached hydrogen (secondary N) is 1. The van der Waals surface area contributed by atoms with Gasteiger partial charge < -0.3 is 15.5 Å². The highest BCUT2D eigenvalue weighted by molar-refractivity contribution is 5.44. The maximum atomic E-state index is 9.51. The van der Waals surface area contributed by atoms with Gasteiger partial charge in [-0.1, -0.05) is 19.1 Å². The smallest absolute Gasteiger partial charge is 0.161 e. The topological polar surface area (TPSA) is 52.5 Å². The maximum absolute atomic E-state index is 9.51. The highest BCUT2D eigenvalue weighted by atomic mass is 16.3. The number of para-hydroxylation sites is 1. The van der Waals surface area contributed by atoms with Crippen LogP contribution in [-0.2, 0) is 6.54 Å². The molecule has 3 heteroatoms. The van der Waals surface area contributed by atoms with Crippen LogP contribution in [0.3, 0.4) is 0 Å². The van der Waals surface area contributed by atoms with Crippen LogP contribution in [0.2, 0.25) is 0 Å². The third kappa shape index (κ3) is 1.82. The Balaban J connectivity index is 1.98. The lowest BCUT2D eigenvalue weighted by atomic mass is 10.2. The van der Waals surface area contributed by atoms with Gasteiger partial charge in [-0.25, -0.2) is 0 Å². The third-order valence-corrected chi connectivity index (χ3v) is 2.76. The number of phenols is 2. The Labute approximate surface area is 83.4 Å². The van der Waals surface area contributed by atoms with Crippen molar-refractivity contribution in [2.75, 3.05) is 0 Å². The molecule has 1 aliphatic rings. The van der Waals surface area contributed by atoms with Crippen molar-refractivity contribution in [2.45, 2.75) is 25.9 Å². The zero-order valence-electron chi connectivity index (χ0n) is 8.20. The van der Waals surface area contributed by atoms with Crippen LogP contribution < -0.4 is 5.32 Å². The second-order valence-electron chi connectivity index (χ2n) is 3.99. The Morgan fingerprint density at radius 1 is 1.43 bits per heavy atom. The number of aromatic hydroxyl groups is 2. The van der Waals surface area contributed by atoms with E-state index >= 15 is 0 Å². The zero-order chi connectivity index (χ0) is 10.1. The number of rotatable bonds is 3. The zero-order valence-corrected chi connectivity index (χ0v) is 8.20. The van der Waals surface area contributed by atoms with E-state index in [0.29, 0.717) is 12.6 Å². The summed E-state index contributed by atoms with van der Waals surface area (Å²) in [6.45, 7) is 2.81. The number of benzene rings is 1. The molecule has 1 aromatic rings. The SMILES string of the molecule is CC1CC1NCc1cccc(O)c1O. The van der Waals surface area contributed by atoms with E-state index in [1.54, 1.807) is 6.07 Å². The van der Waals surface area contributed by atoms with Crippen LogP contribution in [0.4, 0.5) is 0 Å². The quantitative estimate of drug-likeness (QED) is 0.639. The average Bonchev–Trinajstić information content (AvgIpc) is 2.85. The van der Waals surface area contributed by atoms with Gasteiger partial charge in [0.15, 0.2) is 11.5 Å². The summed E-state index contributed by atoms with van der Waals surface area (Å²) >= 11 is 0. The van der Waals surface area contributed by atoms with Gasteiger partial charge in [-0.3, -0.25) is 0 Å². The van der Waals surface area contributed by atoms with Crippen molar-refractivity contribution in [3.05, 3.63) is 23.8 Å². The van der Waals surface area contributed by atoms with Gasteiger partial charge in [0, 0.05) is 18.2 Å². The lowest BCUT2D eigenvalue weighted by Crippen LogP contribution is -2.16. The molecule has 1 saturated carbocycles. The number of hydrogen-bond acceptors (Lipinski definition) is 3. The molecule has 2 atom stereocenters. The molecule has 2 rings (SSSR count). The Hall–Kier alpha value is -1.22. The predicted molar refractivity (Wildman–Crippen MR) is 54.2 cm³/mol. The van der Waals surface area contributed by atoms with E-state index in [2.05, 4.69) is 12.2 Å². The van der Waals surface area contributed by atoms with E-state index in [1.165, 1.54) is 12.5 Å². The fourth-order valence-electron chi connectivity index (χ4n) is 1.57. The van der Waals surface area contributed by atoms with Gasteiger partial charge in [-0.15, -0.1) is 0 Å². The summed E-state index contributed by atoms with van der Waals surface area (Å²) in [4.78, 5) is 0. The average molecular weight is 193 g/mol. The third-order valence-electron chi connectivity index (χ3n) is 2.76. The number of phenolic OH excluding ortho intramolecular Hbond substituents is 2. The minimum atomic E-state index is -0.0480. The molecule has 0 spiro atoms. The highest BCUT2D eigenvalue weighted by Gasteiger charge is 2.31. The van der Waals surface area contributed by atoms with Crippen LogP contribution in [0.5, 0.6) is 11.5 Å². The Morgan fingerprint density at radius 2 is 2.14 bits per heavy atom. The molecule has 0 amide bonds. The first-order valence-electron chi connectivity index (χ1n) is 4.91. The lowest BCUT2D eigenvalue weighted by molar-refractivity contribution is 0.397. The first kappa shape index (κ1) is 9.34. The molecule has 1 fully saturated rings. The first-order valence-corrected chi connectivity index (χ1v) is 4.91. The molecule has 14 heavy (non-hydrogen) atoms. The molecule has 0 bridgehead atoms. The summed E-state index contributed by atoms with van der Waals surface area (Å²) in [6, 6.07) is 5.62. The Bertz CT molecular complexity index is 338. The summed E-state index contributed by atoms with van der Waals surface area (Å²) < 4.78 is 0. The van der Waals surface area contributed by atoms with Gasteiger partial charge in [-0.2, -0.15) is 0 Å². The van der Waals surface area contributed by atoms with Gasteiger partial charge in [0.05, 0.1) is 0 Å². The van der Waals surface area contributed by atoms with Crippen LogP contribution in [0.1, 0.15) is 18.9 Å². The summed E-state index contributed by atoms with van der Waals surface area (Å²) in [5, 5.41) is 22.1. The molecule has 3 N–H and O–H groups in total. The Kier molecular flexibility index (Phi) is 2.33. The molecule has 0 radical (unpaired) electrons. The first-order chi connectivity index (χ1) is 6.68. The molecule has 2 unspecified atom stereocenters. The maximum Gasteiger partial charge on any atom is 0.161 e. The van der Waals surface area contributed by atoms with Gasteiger partial charge in [0.2, 0.25) is 0 Å². The molecule has 3 nitrogen and oxygen atoms in total. The summed E-state index contributed by atoms with van der Waals surface area (Å²) in [5.74, 6) is 0.691. The molecular formula is C11H15NO2. The minimum Gasteiger partial charge on any atom is -0.504 e. The van der Waals surface area contributed by atoms with E-state index in [1.807, 2.05) is 6.07 Å². The molecular weight excluding hydrogens is 178 g/mol. The van der Waals surface area contributed by atoms with Crippen molar-refractivity contribution in [1.82, 2.24) is 5.32 Å². The molecule has 76 valence electrons. The second-order valence-corrected chi connectivity index (χ2v) is 3.99. The van der Waals surface area contributed by atoms with Gasteiger partial charge in [-0.05, 0) is 18.4 Å². The van der Waals surface area contributed by atoms with E-state index in [4.69, 9.17) is 0 Å². The summed E-state index contributed by atoms with van der Waals surface area (Å²) in [5.41, 5.74) is 0.754. The van der Waals surface area contributed by atoms with Crippen LogP contribution >= 0.6 is 0 Å². The highest BCUT2D eigenvalue weighted by Crippen LogP contribution is 2.31. The predicted octanol–water partition coefficient (Wildman–Crippen LogP) is 1.60. The van der Waals surface area contributed by atoms with Gasteiger partial charge >= 0.3 is 0 Å².